The van der Waals surface area contributed by atoms with Gasteiger partial charge in [0.05, 0.1) is 16.7 Å². The first-order valence-corrected chi connectivity index (χ1v) is 20.8. The number of para-hydroxylation sites is 1. The zero-order valence-electron chi connectivity index (χ0n) is 32.9. The molecule has 0 saturated carbocycles. The van der Waals surface area contributed by atoms with Crippen molar-refractivity contribution < 1.29 is 0 Å². The van der Waals surface area contributed by atoms with E-state index in [1.807, 2.05) is 47.7 Å². The van der Waals surface area contributed by atoms with Gasteiger partial charge in [0.1, 0.15) is 0 Å². The topological polar surface area (TPSA) is 43.6 Å². The number of fused-ring (bicyclic) bond motifs is 6. The maximum Gasteiger partial charge on any atom is 0.166 e. The highest BCUT2D eigenvalue weighted by molar-refractivity contribution is 7.26. The molecule has 4 nitrogen and oxygen atoms in total. The molecule has 0 spiro atoms. The number of nitrogens with zero attached hydrogens (tertiary/aromatic N) is 4. The van der Waals surface area contributed by atoms with Crippen molar-refractivity contribution >= 4 is 53.3 Å². The van der Waals surface area contributed by atoms with Crippen LogP contribution in [0.5, 0.6) is 0 Å². The van der Waals surface area contributed by atoms with Crippen LogP contribution in [0.4, 0.5) is 0 Å². The molecule has 0 aliphatic rings. The zero-order valence-corrected chi connectivity index (χ0v) is 33.8. The second-order valence-corrected chi connectivity index (χ2v) is 16.5. The molecule has 0 N–H and O–H groups in total. The molecule has 3 aromatic heterocycles. The fourth-order valence-electron chi connectivity index (χ4n) is 9.00. The molecular formula is C54H38N4S. The minimum Gasteiger partial charge on any atom is -0.308 e. The molecule has 0 radical (unpaired) electrons. The molecule has 0 aliphatic heterocycles. The van der Waals surface area contributed by atoms with Gasteiger partial charge in [-0.15, -0.1) is 11.3 Å². The normalized spacial score (nSPS) is 11.6. The van der Waals surface area contributed by atoms with E-state index in [1.54, 1.807) is 0 Å². The molecule has 0 saturated heterocycles. The van der Waals surface area contributed by atoms with E-state index in [9.17, 15) is 0 Å². The predicted molar refractivity (Wildman–Crippen MR) is 248 cm³/mol. The van der Waals surface area contributed by atoms with Crippen LogP contribution in [0.15, 0.2) is 176 Å². The fourth-order valence-corrected chi connectivity index (χ4v) is 10.2. The van der Waals surface area contributed by atoms with Crippen molar-refractivity contribution in [3.8, 4) is 62.1 Å². The molecule has 11 rings (SSSR count). The van der Waals surface area contributed by atoms with E-state index < -0.39 is 0 Å². The summed E-state index contributed by atoms with van der Waals surface area (Å²) in [6.45, 7) is 6.61. The van der Waals surface area contributed by atoms with E-state index in [1.165, 1.54) is 64.3 Å². The zero-order chi connectivity index (χ0) is 39.6. The van der Waals surface area contributed by atoms with Crippen LogP contribution in [-0.4, -0.2) is 19.5 Å². The van der Waals surface area contributed by atoms with Gasteiger partial charge in [0.15, 0.2) is 17.5 Å². The minimum atomic E-state index is 0.616. The van der Waals surface area contributed by atoms with Gasteiger partial charge in [-0.3, -0.25) is 0 Å². The Labute approximate surface area is 346 Å². The molecule has 0 amide bonds. The summed E-state index contributed by atoms with van der Waals surface area (Å²) < 4.78 is 4.97. The maximum absolute atomic E-state index is 5.33. The first kappa shape index (κ1) is 35.0. The largest absolute Gasteiger partial charge is 0.308 e. The summed E-state index contributed by atoms with van der Waals surface area (Å²) in [4.78, 5) is 15.7. The summed E-state index contributed by atoms with van der Waals surface area (Å²) >= 11 is 1.85. The Morgan fingerprint density at radius 3 is 1.73 bits per heavy atom. The van der Waals surface area contributed by atoms with Crippen LogP contribution in [0.3, 0.4) is 0 Å². The number of aromatic nitrogens is 4. The van der Waals surface area contributed by atoms with Crippen molar-refractivity contribution in [2.75, 3.05) is 0 Å². The van der Waals surface area contributed by atoms with Crippen molar-refractivity contribution in [1.82, 2.24) is 19.5 Å². The average molecular weight is 775 g/mol. The third-order valence-corrected chi connectivity index (χ3v) is 12.8. The van der Waals surface area contributed by atoms with Gasteiger partial charge in [-0.2, -0.15) is 0 Å². The Kier molecular flexibility index (Phi) is 8.31. The quantitative estimate of drug-likeness (QED) is 0.169. The van der Waals surface area contributed by atoms with Gasteiger partial charge in [-0.05, 0) is 84.5 Å². The SMILES string of the molecule is Cc1cc(C)c(-c2ccc3c4ccccc4n(-c4ccc(-c5cccc6c5sc5ccccc56)cc4-c4nc(-c5ccccc5)nc(-c5ccccc5)n4)c3c2)c(C)c1. The van der Waals surface area contributed by atoms with Crippen LogP contribution in [0.25, 0.3) is 104 Å². The van der Waals surface area contributed by atoms with Gasteiger partial charge in [0.25, 0.3) is 0 Å². The predicted octanol–water partition coefficient (Wildman–Crippen LogP) is 14.6. The molecule has 5 heteroatoms. The van der Waals surface area contributed by atoms with E-state index in [2.05, 4.69) is 165 Å². The number of rotatable bonds is 6. The van der Waals surface area contributed by atoms with Crippen LogP contribution in [0, 0.1) is 20.8 Å². The summed E-state index contributed by atoms with van der Waals surface area (Å²) in [7, 11) is 0. The van der Waals surface area contributed by atoms with Gasteiger partial charge in [0.2, 0.25) is 0 Å². The lowest BCUT2D eigenvalue weighted by Crippen LogP contribution is -2.04. The number of hydrogen-bond donors (Lipinski definition) is 0. The highest BCUT2D eigenvalue weighted by Crippen LogP contribution is 2.43. The third kappa shape index (κ3) is 5.93. The Balaban J connectivity index is 1.23. The van der Waals surface area contributed by atoms with Crippen molar-refractivity contribution in [3.63, 3.8) is 0 Å². The number of benzene rings is 8. The van der Waals surface area contributed by atoms with Crippen molar-refractivity contribution in [2.24, 2.45) is 0 Å². The number of aryl methyl sites for hydroxylation is 3. The van der Waals surface area contributed by atoms with Gasteiger partial charge in [0, 0.05) is 47.6 Å². The van der Waals surface area contributed by atoms with Gasteiger partial charge in [-0.1, -0.05) is 151 Å². The van der Waals surface area contributed by atoms with E-state index in [4.69, 9.17) is 15.0 Å². The van der Waals surface area contributed by atoms with E-state index in [0.29, 0.717) is 17.5 Å². The molecule has 59 heavy (non-hydrogen) atoms. The van der Waals surface area contributed by atoms with Gasteiger partial charge in [-0.25, -0.2) is 15.0 Å². The molecule has 8 aromatic carbocycles. The summed E-state index contributed by atoms with van der Waals surface area (Å²) in [5.74, 6) is 1.88. The van der Waals surface area contributed by atoms with E-state index >= 15 is 0 Å². The lowest BCUT2D eigenvalue weighted by molar-refractivity contribution is 1.06. The maximum atomic E-state index is 5.33. The first-order valence-electron chi connectivity index (χ1n) is 20.0. The molecule has 280 valence electrons. The van der Waals surface area contributed by atoms with Crippen LogP contribution in [0.1, 0.15) is 16.7 Å². The second kappa shape index (κ2) is 14.0. The van der Waals surface area contributed by atoms with E-state index in [0.717, 1.165) is 39.0 Å². The summed E-state index contributed by atoms with van der Waals surface area (Å²) in [6.07, 6.45) is 0. The molecule has 0 atom stereocenters. The van der Waals surface area contributed by atoms with Crippen LogP contribution in [-0.2, 0) is 0 Å². The molecule has 0 fully saturated rings. The van der Waals surface area contributed by atoms with Crippen LogP contribution < -0.4 is 0 Å². The molecule has 0 aliphatic carbocycles. The van der Waals surface area contributed by atoms with E-state index in [-0.39, 0.29) is 0 Å². The highest BCUT2D eigenvalue weighted by atomic mass is 32.1. The Bertz CT molecular complexity index is 3330. The number of hydrogen-bond acceptors (Lipinski definition) is 4. The lowest BCUT2D eigenvalue weighted by Gasteiger charge is -2.17. The standard InChI is InChI=1S/C54H38N4S/c1-33-29-34(2)50(35(3)30-33)39-25-27-42-41-19-10-12-23-46(41)58(48(42)32-39)47-28-26-38(40-21-14-22-44-43-20-11-13-24-49(43)59-51(40)44)31-45(47)54-56-52(36-15-6-4-7-16-36)55-53(57-54)37-17-8-5-9-18-37/h4-32H,1-3H3. The molecule has 0 unspecified atom stereocenters. The highest BCUT2D eigenvalue weighted by Gasteiger charge is 2.22. The fraction of sp³-hybridized carbons (Fsp3) is 0.0556. The van der Waals surface area contributed by atoms with Crippen molar-refractivity contribution in [3.05, 3.63) is 193 Å². The third-order valence-electron chi connectivity index (χ3n) is 11.5. The van der Waals surface area contributed by atoms with Crippen molar-refractivity contribution in [2.45, 2.75) is 20.8 Å². The van der Waals surface area contributed by atoms with Crippen LogP contribution >= 0.6 is 11.3 Å². The summed E-state index contributed by atoms with van der Waals surface area (Å²) in [5.41, 5.74) is 14.6. The summed E-state index contributed by atoms with van der Waals surface area (Å²) in [5, 5.41) is 4.94. The van der Waals surface area contributed by atoms with Crippen molar-refractivity contribution in [1.29, 1.82) is 0 Å². The average Bonchev–Trinajstić information content (AvgIpc) is 3.82. The molecule has 0 bridgehead atoms. The van der Waals surface area contributed by atoms with Gasteiger partial charge < -0.3 is 4.57 Å². The molecular weight excluding hydrogens is 737 g/mol. The first-order chi connectivity index (χ1) is 29.0. The minimum absolute atomic E-state index is 0.616. The van der Waals surface area contributed by atoms with Crippen LogP contribution in [0.2, 0.25) is 0 Å². The Morgan fingerprint density at radius 1 is 0.407 bits per heavy atom. The second-order valence-electron chi connectivity index (χ2n) is 15.4. The van der Waals surface area contributed by atoms with Gasteiger partial charge >= 0.3 is 0 Å². The molecule has 3 heterocycles. The Morgan fingerprint density at radius 2 is 1.00 bits per heavy atom. The smallest absolute Gasteiger partial charge is 0.166 e. The number of thiophene rings is 1. The summed E-state index contributed by atoms with van der Waals surface area (Å²) in [6, 6.07) is 62.9. The lowest BCUT2D eigenvalue weighted by atomic mass is 9.93. The Hall–Kier alpha value is -7.21. The monoisotopic (exact) mass is 774 g/mol. The molecule has 11 aromatic rings.